The van der Waals surface area contributed by atoms with E-state index in [2.05, 4.69) is 4.98 Å². The van der Waals surface area contributed by atoms with Crippen LogP contribution in [0.3, 0.4) is 0 Å². The van der Waals surface area contributed by atoms with Crippen LogP contribution in [0, 0.1) is 12.7 Å². The fourth-order valence-electron chi connectivity index (χ4n) is 1.61. The van der Waals surface area contributed by atoms with Crippen molar-refractivity contribution in [3.63, 3.8) is 0 Å². The molecule has 0 fully saturated rings. The summed E-state index contributed by atoms with van der Waals surface area (Å²) in [6.07, 6.45) is 1.40. The number of nitrogen functional groups attached to an aromatic ring is 1. The van der Waals surface area contributed by atoms with E-state index in [1.807, 2.05) is 12.3 Å². The molecule has 0 atom stereocenters. The van der Waals surface area contributed by atoms with Crippen molar-refractivity contribution >= 4 is 5.91 Å². The number of nitrogens with one attached hydrogen (secondary N) is 1. The lowest BCUT2D eigenvalue weighted by atomic mass is 10.2. The van der Waals surface area contributed by atoms with Crippen molar-refractivity contribution in [2.75, 3.05) is 0 Å². The van der Waals surface area contributed by atoms with Crippen LogP contribution in [0.2, 0.25) is 0 Å². The molecule has 0 radical (unpaired) electrons. The van der Waals surface area contributed by atoms with Crippen molar-refractivity contribution < 1.29 is 13.9 Å². The van der Waals surface area contributed by atoms with Crippen LogP contribution in [0.25, 0.3) is 0 Å². The van der Waals surface area contributed by atoms with Gasteiger partial charge >= 0.3 is 0 Å². The van der Waals surface area contributed by atoms with Crippen molar-refractivity contribution in [3.05, 3.63) is 59.2 Å². The van der Waals surface area contributed by atoms with Gasteiger partial charge in [-0.25, -0.2) is 10.2 Å². The van der Waals surface area contributed by atoms with Crippen LogP contribution in [0.1, 0.15) is 21.6 Å². The molecule has 104 valence electrons. The number of nitrogens with two attached hydrogens (primary N) is 1. The van der Waals surface area contributed by atoms with Crippen LogP contribution in [-0.4, -0.2) is 10.9 Å². The molecule has 2 rings (SSSR count). The number of ether oxygens (including phenoxy) is 1. The Hall–Kier alpha value is -2.47. The molecule has 0 aliphatic rings. The van der Waals surface area contributed by atoms with Gasteiger partial charge in [-0.15, -0.1) is 0 Å². The SMILES string of the molecule is Cc1ccc(F)cc1OCc1ccc(C(=O)NN)cn1. The topological polar surface area (TPSA) is 77.2 Å². The minimum absolute atomic E-state index is 0.189. The predicted octanol–water partition coefficient (Wildman–Crippen LogP) is 1.71. The number of aromatic nitrogens is 1. The maximum atomic E-state index is 13.1. The molecule has 0 saturated carbocycles. The molecule has 0 aliphatic heterocycles. The van der Waals surface area contributed by atoms with Crippen molar-refractivity contribution in [1.82, 2.24) is 10.4 Å². The fourth-order valence-corrected chi connectivity index (χ4v) is 1.61. The Bertz CT molecular complexity index is 614. The molecular formula is C14H14FN3O2. The minimum Gasteiger partial charge on any atom is -0.487 e. The maximum absolute atomic E-state index is 13.1. The standard InChI is InChI=1S/C14H14FN3O2/c1-9-2-4-11(15)6-13(9)20-8-12-5-3-10(7-17-12)14(19)18-16/h2-7H,8,16H2,1H3,(H,18,19). The van der Waals surface area contributed by atoms with E-state index in [0.717, 1.165) is 5.56 Å². The van der Waals surface area contributed by atoms with Gasteiger partial charge in [0.25, 0.3) is 5.91 Å². The molecule has 0 saturated heterocycles. The van der Waals surface area contributed by atoms with Crippen LogP contribution < -0.4 is 16.0 Å². The van der Waals surface area contributed by atoms with Crippen LogP contribution in [-0.2, 0) is 6.61 Å². The smallest absolute Gasteiger partial charge is 0.266 e. The molecule has 0 bridgehead atoms. The van der Waals surface area contributed by atoms with Crippen molar-refractivity contribution in [2.24, 2.45) is 5.84 Å². The van der Waals surface area contributed by atoms with E-state index in [9.17, 15) is 9.18 Å². The van der Waals surface area contributed by atoms with Crippen molar-refractivity contribution in [1.29, 1.82) is 0 Å². The summed E-state index contributed by atoms with van der Waals surface area (Å²) >= 11 is 0. The second kappa shape index (κ2) is 6.12. The molecule has 1 aromatic carbocycles. The van der Waals surface area contributed by atoms with E-state index in [1.165, 1.54) is 18.3 Å². The fraction of sp³-hybridized carbons (Fsp3) is 0.143. The molecule has 1 aromatic heterocycles. The van der Waals surface area contributed by atoms with Crippen LogP contribution in [0.5, 0.6) is 5.75 Å². The Kier molecular flexibility index (Phi) is 4.27. The van der Waals surface area contributed by atoms with E-state index in [1.54, 1.807) is 18.2 Å². The van der Waals surface area contributed by atoms with Crippen molar-refractivity contribution in [2.45, 2.75) is 13.5 Å². The third kappa shape index (κ3) is 3.30. The number of amides is 1. The highest BCUT2D eigenvalue weighted by atomic mass is 19.1. The van der Waals surface area contributed by atoms with E-state index >= 15 is 0 Å². The molecule has 0 aliphatic carbocycles. The number of carbonyl (C=O) groups excluding carboxylic acids is 1. The lowest BCUT2D eigenvalue weighted by Crippen LogP contribution is -2.30. The van der Waals surface area contributed by atoms with Gasteiger partial charge in [0.2, 0.25) is 0 Å². The molecule has 2 aromatic rings. The van der Waals surface area contributed by atoms with E-state index in [-0.39, 0.29) is 12.4 Å². The number of aryl methyl sites for hydroxylation is 1. The first-order valence-electron chi connectivity index (χ1n) is 5.95. The minimum atomic E-state index is -0.411. The number of carbonyl (C=O) groups is 1. The summed E-state index contributed by atoms with van der Waals surface area (Å²) < 4.78 is 18.6. The predicted molar refractivity (Wildman–Crippen MR) is 71.4 cm³/mol. The zero-order valence-corrected chi connectivity index (χ0v) is 10.9. The molecule has 5 nitrogen and oxygen atoms in total. The number of nitrogens with zero attached hydrogens (tertiary/aromatic N) is 1. The Morgan fingerprint density at radius 1 is 1.40 bits per heavy atom. The van der Waals surface area contributed by atoms with E-state index in [0.29, 0.717) is 17.0 Å². The monoisotopic (exact) mass is 275 g/mol. The normalized spacial score (nSPS) is 10.2. The first-order chi connectivity index (χ1) is 9.60. The number of benzene rings is 1. The van der Waals surface area contributed by atoms with E-state index in [4.69, 9.17) is 10.6 Å². The van der Waals surface area contributed by atoms with Gasteiger partial charge < -0.3 is 4.74 Å². The first-order valence-corrected chi connectivity index (χ1v) is 5.95. The summed E-state index contributed by atoms with van der Waals surface area (Å²) in [7, 11) is 0. The Labute approximate surface area is 115 Å². The number of hydrogen-bond donors (Lipinski definition) is 2. The molecule has 0 spiro atoms. The lowest BCUT2D eigenvalue weighted by Gasteiger charge is -2.09. The Morgan fingerprint density at radius 3 is 2.85 bits per heavy atom. The molecule has 0 unspecified atom stereocenters. The zero-order valence-electron chi connectivity index (χ0n) is 10.9. The number of rotatable bonds is 4. The molecular weight excluding hydrogens is 261 g/mol. The van der Waals surface area contributed by atoms with Gasteiger partial charge in [0.1, 0.15) is 18.2 Å². The van der Waals surface area contributed by atoms with Gasteiger partial charge in [-0.3, -0.25) is 15.2 Å². The quantitative estimate of drug-likeness (QED) is 0.506. The first kappa shape index (κ1) is 14.0. The van der Waals surface area contributed by atoms with Gasteiger partial charge in [-0.05, 0) is 30.7 Å². The van der Waals surface area contributed by atoms with Gasteiger partial charge in [0.05, 0.1) is 11.3 Å². The second-order valence-electron chi connectivity index (χ2n) is 4.21. The average Bonchev–Trinajstić information content (AvgIpc) is 2.48. The van der Waals surface area contributed by atoms with Gasteiger partial charge in [-0.2, -0.15) is 0 Å². The third-order valence-electron chi connectivity index (χ3n) is 2.74. The number of halogens is 1. The molecule has 6 heteroatoms. The molecule has 1 amide bonds. The number of hydrazine groups is 1. The molecule has 20 heavy (non-hydrogen) atoms. The second-order valence-corrected chi connectivity index (χ2v) is 4.21. The summed E-state index contributed by atoms with van der Waals surface area (Å²) in [5.41, 5.74) is 3.85. The summed E-state index contributed by atoms with van der Waals surface area (Å²) in [6.45, 7) is 2.02. The third-order valence-corrected chi connectivity index (χ3v) is 2.74. The summed E-state index contributed by atoms with van der Waals surface area (Å²) in [4.78, 5) is 15.3. The summed E-state index contributed by atoms with van der Waals surface area (Å²) in [6, 6.07) is 7.59. The van der Waals surface area contributed by atoms with Gasteiger partial charge in [0, 0.05) is 12.3 Å². The highest BCUT2D eigenvalue weighted by Crippen LogP contribution is 2.19. The van der Waals surface area contributed by atoms with E-state index < -0.39 is 5.91 Å². The molecule has 3 N–H and O–H groups in total. The zero-order chi connectivity index (χ0) is 14.5. The Morgan fingerprint density at radius 2 is 2.20 bits per heavy atom. The van der Waals surface area contributed by atoms with Gasteiger partial charge in [0.15, 0.2) is 0 Å². The molecule has 1 heterocycles. The van der Waals surface area contributed by atoms with Gasteiger partial charge in [-0.1, -0.05) is 6.07 Å². The highest BCUT2D eigenvalue weighted by Gasteiger charge is 2.05. The largest absolute Gasteiger partial charge is 0.487 e. The summed E-state index contributed by atoms with van der Waals surface area (Å²) in [5, 5.41) is 0. The highest BCUT2D eigenvalue weighted by molar-refractivity contribution is 5.93. The number of pyridine rings is 1. The average molecular weight is 275 g/mol. The number of hydrogen-bond acceptors (Lipinski definition) is 4. The van der Waals surface area contributed by atoms with Crippen molar-refractivity contribution in [3.8, 4) is 5.75 Å². The Balaban J connectivity index is 2.04. The summed E-state index contributed by atoms with van der Waals surface area (Å²) in [5.74, 6) is 4.72. The lowest BCUT2D eigenvalue weighted by molar-refractivity contribution is 0.0953. The van der Waals surface area contributed by atoms with Crippen LogP contribution >= 0.6 is 0 Å². The van der Waals surface area contributed by atoms with Crippen LogP contribution in [0.15, 0.2) is 36.5 Å². The van der Waals surface area contributed by atoms with Crippen LogP contribution in [0.4, 0.5) is 4.39 Å². The maximum Gasteiger partial charge on any atom is 0.266 e.